The van der Waals surface area contributed by atoms with E-state index in [1.807, 2.05) is 42.8 Å². The smallest absolute Gasteiger partial charge is 0.118 e. The molecule has 5 nitrogen and oxygen atoms in total. The van der Waals surface area contributed by atoms with Gasteiger partial charge in [-0.2, -0.15) is 0 Å². The fourth-order valence-electron chi connectivity index (χ4n) is 1.84. The van der Waals surface area contributed by atoms with Crippen molar-refractivity contribution in [3.63, 3.8) is 0 Å². The third-order valence-corrected chi connectivity index (χ3v) is 2.77. The first-order valence-electron chi connectivity index (χ1n) is 5.86. The number of benzene rings is 1. The van der Waals surface area contributed by atoms with Gasteiger partial charge in [-0.05, 0) is 38.1 Å². The molecule has 0 aliphatic rings. The number of ether oxygens (including phenoxy) is 1. The topological polar surface area (TPSA) is 60.2 Å². The molecule has 0 saturated carbocycles. The fourth-order valence-corrected chi connectivity index (χ4v) is 1.84. The number of nitrogens with zero attached hydrogens (tertiary/aromatic N) is 3. The summed E-state index contributed by atoms with van der Waals surface area (Å²) in [6.45, 7) is 3.94. The molecule has 0 atom stereocenters. The van der Waals surface area contributed by atoms with Crippen LogP contribution in [0.5, 0.6) is 5.75 Å². The average Bonchev–Trinajstić information content (AvgIpc) is 2.82. The van der Waals surface area contributed by atoms with Gasteiger partial charge < -0.3 is 9.84 Å². The summed E-state index contributed by atoms with van der Waals surface area (Å²) in [7, 11) is 1.63. The van der Waals surface area contributed by atoms with Crippen molar-refractivity contribution < 1.29 is 9.84 Å². The van der Waals surface area contributed by atoms with E-state index in [1.54, 1.807) is 7.11 Å². The molecule has 0 unspecified atom stereocenters. The highest BCUT2D eigenvalue weighted by atomic mass is 16.5. The van der Waals surface area contributed by atoms with E-state index in [-0.39, 0.29) is 12.6 Å². The monoisotopic (exact) mass is 247 g/mol. The van der Waals surface area contributed by atoms with Crippen molar-refractivity contribution >= 4 is 0 Å². The summed E-state index contributed by atoms with van der Waals surface area (Å²) in [6.07, 6.45) is 0. The Hall–Kier alpha value is -1.88. The van der Waals surface area contributed by atoms with Crippen molar-refractivity contribution in [1.29, 1.82) is 0 Å². The molecular formula is C13H17N3O2. The molecular weight excluding hydrogens is 230 g/mol. The maximum atomic E-state index is 9.34. The van der Waals surface area contributed by atoms with E-state index in [1.165, 1.54) is 0 Å². The molecule has 1 aromatic heterocycles. The first-order valence-corrected chi connectivity index (χ1v) is 5.86. The number of hydrogen-bond acceptors (Lipinski definition) is 4. The Balaban J connectivity index is 2.50. The molecule has 0 radical (unpaired) electrons. The minimum Gasteiger partial charge on any atom is -0.497 e. The van der Waals surface area contributed by atoms with Crippen molar-refractivity contribution in [3.8, 4) is 17.0 Å². The van der Waals surface area contributed by atoms with Crippen LogP contribution in [-0.4, -0.2) is 27.2 Å². The van der Waals surface area contributed by atoms with Gasteiger partial charge in [0.15, 0.2) is 0 Å². The van der Waals surface area contributed by atoms with Crippen molar-refractivity contribution in [2.24, 2.45) is 0 Å². The minimum atomic E-state index is -0.117. The van der Waals surface area contributed by atoms with Crippen LogP contribution in [0, 0.1) is 0 Å². The lowest BCUT2D eigenvalue weighted by atomic mass is 10.1. The van der Waals surface area contributed by atoms with Crippen LogP contribution in [0.15, 0.2) is 24.3 Å². The molecule has 0 aliphatic heterocycles. The summed E-state index contributed by atoms with van der Waals surface area (Å²) >= 11 is 0. The van der Waals surface area contributed by atoms with Crippen LogP contribution >= 0.6 is 0 Å². The first kappa shape index (κ1) is 12.6. The summed E-state index contributed by atoms with van der Waals surface area (Å²) in [6, 6.07) is 7.84. The average molecular weight is 247 g/mol. The number of hydrogen-bond donors (Lipinski definition) is 1. The van der Waals surface area contributed by atoms with Crippen LogP contribution < -0.4 is 4.74 Å². The predicted molar refractivity (Wildman–Crippen MR) is 68.3 cm³/mol. The van der Waals surface area contributed by atoms with E-state index in [4.69, 9.17) is 4.74 Å². The molecule has 2 aromatic rings. The predicted octanol–water partition coefficient (Wildman–Crippen LogP) is 2.03. The molecule has 18 heavy (non-hydrogen) atoms. The van der Waals surface area contributed by atoms with Gasteiger partial charge >= 0.3 is 0 Å². The summed E-state index contributed by atoms with van der Waals surface area (Å²) in [4.78, 5) is 0. The molecule has 5 heteroatoms. The molecule has 0 spiro atoms. The van der Waals surface area contributed by atoms with Gasteiger partial charge in [0, 0.05) is 11.6 Å². The number of methoxy groups -OCH3 is 1. The Morgan fingerprint density at radius 3 is 2.44 bits per heavy atom. The van der Waals surface area contributed by atoms with E-state index in [9.17, 15) is 5.11 Å². The normalized spacial score (nSPS) is 10.9. The van der Waals surface area contributed by atoms with Crippen LogP contribution in [0.4, 0.5) is 0 Å². The Morgan fingerprint density at radius 1 is 1.28 bits per heavy atom. The Bertz CT molecular complexity index is 518. The molecule has 1 heterocycles. The molecule has 0 fully saturated rings. The Morgan fingerprint density at radius 2 is 1.94 bits per heavy atom. The van der Waals surface area contributed by atoms with Crippen molar-refractivity contribution in [3.05, 3.63) is 30.0 Å². The van der Waals surface area contributed by atoms with Crippen LogP contribution in [0.25, 0.3) is 11.3 Å². The maximum absolute atomic E-state index is 9.34. The number of aliphatic hydroxyl groups excluding tert-OH is 1. The van der Waals surface area contributed by atoms with Crippen molar-refractivity contribution in [2.75, 3.05) is 7.11 Å². The van der Waals surface area contributed by atoms with Crippen LogP contribution in [0.3, 0.4) is 0 Å². The fraction of sp³-hybridized carbons (Fsp3) is 0.385. The van der Waals surface area contributed by atoms with Gasteiger partial charge in [-0.3, -0.25) is 0 Å². The van der Waals surface area contributed by atoms with E-state index >= 15 is 0 Å². The second-order valence-corrected chi connectivity index (χ2v) is 4.31. The highest BCUT2D eigenvalue weighted by Gasteiger charge is 2.16. The molecule has 1 aromatic carbocycles. The van der Waals surface area contributed by atoms with Crippen molar-refractivity contribution in [2.45, 2.75) is 26.5 Å². The quantitative estimate of drug-likeness (QED) is 0.898. The van der Waals surface area contributed by atoms with E-state index < -0.39 is 0 Å². The standard InChI is InChI=1S/C13H17N3O2/c1-9(2)16-13(12(8-17)14-15-16)10-4-6-11(18-3)7-5-10/h4-7,9,17H,8H2,1-3H3. The lowest BCUT2D eigenvalue weighted by Crippen LogP contribution is -2.05. The lowest BCUT2D eigenvalue weighted by Gasteiger charge is -2.11. The van der Waals surface area contributed by atoms with Crippen LogP contribution in [-0.2, 0) is 6.61 Å². The zero-order valence-corrected chi connectivity index (χ0v) is 10.8. The zero-order valence-electron chi connectivity index (χ0n) is 10.8. The molecule has 2 rings (SSSR count). The van der Waals surface area contributed by atoms with E-state index in [0.717, 1.165) is 17.0 Å². The van der Waals surface area contributed by atoms with Gasteiger partial charge in [0.05, 0.1) is 19.4 Å². The molecule has 1 N–H and O–H groups in total. The molecule has 96 valence electrons. The lowest BCUT2D eigenvalue weighted by molar-refractivity contribution is 0.277. The molecule has 0 bridgehead atoms. The van der Waals surface area contributed by atoms with Gasteiger partial charge in [0.1, 0.15) is 11.4 Å². The second kappa shape index (κ2) is 5.18. The van der Waals surface area contributed by atoms with Crippen LogP contribution in [0.1, 0.15) is 25.6 Å². The second-order valence-electron chi connectivity index (χ2n) is 4.31. The highest BCUT2D eigenvalue weighted by molar-refractivity contribution is 5.62. The van der Waals surface area contributed by atoms with E-state index in [2.05, 4.69) is 10.3 Å². The summed E-state index contributed by atoms with van der Waals surface area (Å²) in [5, 5.41) is 17.4. The molecule has 0 aliphatic carbocycles. The highest BCUT2D eigenvalue weighted by Crippen LogP contribution is 2.26. The van der Waals surface area contributed by atoms with E-state index in [0.29, 0.717) is 5.69 Å². The largest absolute Gasteiger partial charge is 0.497 e. The van der Waals surface area contributed by atoms with Gasteiger partial charge in [-0.15, -0.1) is 5.10 Å². The summed E-state index contributed by atoms with van der Waals surface area (Å²) < 4.78 is 6.95. The van der Waals surface area contributed by atoms with Gasteiger partial charge in [-0.1, -0.05) is 5.21 Å². The minimum absolute atomic E-state index is 0.117. The zero-order chi connectivity index (χ0) is 13.1. The third kappa shape index (κ3) is 2.22. The maximum Gasteiger partial charge on any atom is 0.118 e. The number of aliphatic hydroxyl groups is 1. The summed E-state index contributed by atoms with van der Waals surface area (Å²) in [5.74, 6) is 0.799. The molecule has 0 amide bonds. The Labute approximate surface area is 106 Å². The first-order chi connectivity index (χ1) is 8.67. The summed E-state index contributed by atoms with van der Waals surface area (Å²) in [5.41, 5.74) is 2.42. The number of aromatic nitrogens is 3. The van der Waals surface area contributed by atoms with Crippen LogP contribution in [0.2, 0.25) is 0 Å². The number of rotatable bonds is 4. The Kier molecular flexibility index (Phi) is 3.62. The molecule has 0 saturated heterocycles. The SMILES string of the molecule is COc1ccc(-c2c(CO)nnn2C(C)C)cc1. The van der Waals surface area contributed by atoms with Crippen molar-refractivity contribution in [1.82, 2.24) is 15.0 Å². The van der Waals surface area contributed by atoms with Gasteiger partial charge in [-0.25, -0.2) is 4.68 Å². The van der Waals surface area contributed by atoms with Gasteiger partial charge in [0.25, 0.3) is 0 Å². The van der Waals surface area contributed by atoms with Gasteiger partial charge in [0.2, 0.25) is 0 Å². The third-order valence-electron chi connectivity index (χ3n) is 2.77.